The summed E-state index contributed by atoms with van der Waals surface area (Å²) in [7, 11) is 0. The lowest BCUT2D eigenvalue weighted by Crippen LogP contribution is -2.43. The summed E-state index contributed by atoms with van der Waals surface area (Å²) in [6, 6.07) is 13.3. The lowest BCUT2D eigenvalue weighted by molar-refractivity contribution is 0.131. The summed E-state index contributed by atoms with van der Waals surface area (Å²) < 4.78 is 5.41. The zero-order valence-corrected chi connectivity index (χ0v) is 15.7. The second kappa shape index (κ2) is 8.92. The fourth-order valence-electron chi connectivity index (χ4n) is 2.89. The highest BCUT2D eigenvalue weighted by Gasteiger charge is 2.15. The highest BCUT2D eigenvalue weighted by atomic mass is 35.5. The fraction of sp³-hybridized carbons (Fsp3) is 0.350. The first kappa shape index (κ1) is 18.5. The number of aromatic hydroxyl groups is 1. The second-order valence-electron chi connectivity index (χ2n) is 6.26. The number of piperazine rings is 1. The van der Waals surface area contributed by atoms with Gasteiger partial charge < -0.3 is 9.84 Å². The van der Waals surface area contributed by atoms with Crippen molar-refractivity contribution in [2.75, 3.05) is 32.8 Å². The van der Waals surface area contributed by atoms with Gasteiger partial charge in [-0.2, -0.15) is 5.10 Å². The predicted octanol–water partition coefficient (Wildman–Crippen LogP) is 3.60. The molecule has 3 rings (SSSR count). The summed E-state index contributed by atoms with van der Waals surface area (Å²) in [5.74, 6) is 0.643. The Morgan fingerprint density at radius 2 is 1.85 bits per heavy atom. The average molecular weight is 374 g/mol. The van der Waals surface area contributed by atoms with E-state index in [0.29, 0.717) is 12.4 Å². The van der Waals surface area contributed by atoms with Crippen molar-refractivity contribution in [1.82, 2.24) is 9.91 Å². The van der Waals surface area contributed by atoms with Crippen molar-refractivity contribution < 1.29 is 9.84 Å². The fourth-order valence-corrected chi connectivity index (χ4v) is 3.02. The van der Waals surface area contributed by atoms with Crippen LogP contribution < -0.4 is 4.74 Å². The zero-order valence-electron chi connectivity index (χ0n) is 14.9. The maximum atomic E-state index is 9.76. The van der Waals surface area contributed by atoms with Crippen LogP contribution in [0.3, 0.4) is 0 Å². The number of hydrogen-bond donors (Lipinski definition) is 1. The van der Waals surface area contributed by atoms with Gasteiger partial charge in [0.25, 0.3) is 0 Å². The van der Waals surface area contributed by atoms with Crippen LogP contribution in [0.2, 0.25) is 5.02 Å². The van der Waals surface area contributed by atoms with E-state index in [1.807, 2.05) is 31.3 Å². The summed E-state index contributed by atoms with van der Waals surface area (Å²) in [5.41, 5.74) is 2.19. The van der Waals surface area contributed by atoms with Crippen LogP contribution in [-0.2, 0) is 6.54 Å². The van der Waals surface area contributed by atoms with Gasteiger partial charge in [0, 0.05) is 37.7 Å². The molecule has 138 valence electrons. The van der Waals surface area contributed by atoms with Gasteiger partial charge >= 0.3 is 0 Å². The molecule has 1 aliphatic heterocycles. The van der Waals surface area contributed by atoms with Crippen LogP contribution in [0.5, 0.6) is 11.5 Å². The highest BCUT2D eigenvalue weighted by Crippen LogP contribution is 2.26. The normalized spacial score (nSPS) is 15.5. The van der Waals surface area contributed by atoms with Gasteiger partial charge in [-0.1, -0.05) is 23.7 Å². The Hall–Kier alpha value is -2.24. The molecule has 0 radical (unpaired) electrons. The molecule has 1 heterocycles. The van der Waals surface area contributed by atoms with Gasteiger partial charge in [0.05, 0.1) is 12.8 Å². The number of phenolic OH excluding ortho intramolecular Hbond substituents is 1. The summed E-state index contributed by atoms with van der Waals surface area (Å²) in [4.78, 5) is 2.42. The third-order valence-electron chi connectivity index (χ3n) is 4.32. The van der Waals surface area contributed by atoms with Crippen LogP contribution in [0, 0.1) is 0 Å². The zero-order chi connectivity index (χ0) is 18.4. The molecule has 0 saturated carbocycles. The third-order valence-corrected chi connectivity index (χ3v) is 4.57. The van der Waals surface area contributed by atoms with E-state index in [2.05, 4.69) is 27.1 Å². The van der Waals surface area contributed by atoms with E-state index >= 15 is 0 Å². The molecule has 5 nitrogen and oxygen atoms in total. The number of hydrazone groups is 1. The summed E-state index contributed by atoms with van der Waals surface area (Å²) >= 11 is 5.94. The largest absolute Gasteiger partial charge is 0.504 e. The van der Waals surface area contributed by atoms with Crippen molar-refractivity contribution in [1.29, 1.82) is 0 Å². The molecular formula is C20H24ClN3O2. The van der Waals surface area contributed by atoms with Crippen molar-refractivity contribution in [2.45, 2.75) is 13.5 Å². The molecule has 0 unspecified atom stereocenters. The van der Waals surface area contributed by atoms with E-state index in [1.165, 1.54) is 5.56 Å². The quantitative estimate of drug-likeness (QED) is 0.786. The molecule has 1 fully saturated rings. The van der Waals surface area contributed by atoms with Gasteiger partial charge in [0.2, 0.25) is 0 Å². The number of rotatable bonds is 6. The first-order valence-corrected chi connectivity index (χ1v) is 9.23. The van der Waals surface area contributed by atoms with Gasteiger partial charge in [-0.15, -0.1) is 0 Å². The van der Waals surface area contributed by atoms with Crippen molar-refractivity contribution in [3.63, 3.8) is 0 Å². The number of phenols is 1. The van der Waals surface area contributed by atoms with Crippen LogP contribution in [0.25, 0.3) is 0 Å². The molecule has 0 bridgehead atoms. The molecule has 0 aliphatic carbocycles. The topological polar surface area (TPSA) is 48.3 Å². The van der Waals surface area contributed by atoms with Crippen LogP contribution in [0.15, 0.2) is 47.6 Å². The predicted molar refractivity (Wildman–Crippen MR) is 105 cm³/mol. The molecule has 2 aromatic rings. The standard InChI is InChI=1S/C20H24ClN3O2/c1-2-26-20-13-17(5-8-19(20)25)14-22-24-11-9-23(10-12-24)15-16-3-6-18(21)7-4-16/h3-8,13-14,25H,2,9-12,15H2,1H3/b22-14-. The Morgan fingerprint density at radius 3 is 2.54 bits per heavy atom. The van der Waals surface area contributed by atoms with E-state index < -0.39 is 0 Å². The molecule has 0 aromatic heterocycles. The van der Waals surface area contributed by atoms with E-state index in [9.17, 15) is 5.11 Å². The number of nitrogens with zero attached hydrogens (tertiary/aromatic N) is 3. The van der Waals surface area contributed by atoms with Crippen molar-refractivity contribution in [3.05, 3.63) is 58.6 Å². The molecule has 0 amide bonds. The van der Waals surface area contributed by atoms with Crippen LogP contribution in [0.4, 0.5) is 0 Å². The number of halogens is 1. The highest BCUT2D eigenvalue weighted by molar-refractivity contribution is 6.30. The van der Waals surface area contributed by atoms with Crippen molar-refractivity contribution in [3.8, 4) is 11.5 Å². The minimum absolute atomic E-state index is 0.153. The van der Waals surface area contributed by atoms with Crippen LogP contribution in [0.1, 0.15) is 18.1 Å². The van der Waals surface area contributed by atoms with Gasteiger partial charge in [-0.05, 0) is 48.4 Å². The van der Waals surface area contributed by atoms with Gasteiger partial charge in [0.1, 0.15) is 0 Å². The Bertz CT molecular complexity index is 741. The Morgan fingerprint density at radius 1 is 1.12 bits per heavy atom. The number of hydrogen-bond acceptors (Lipinski definition) is 5. The first-order chi connectivity index (χ1) is 12.6. The van der Waals surface area contributed by atoms with Gasteiger partial charge in [0.15, 0.2) is 11.5 Å². The monoisotopic (exact) mass is 373 g/mol. The maximum absolute atomic E-state index is 9.76. The van der Waals surface area contributed by atoms with Crippen molar-refractivity contribution >= 4 is 17.8 Å². The molecule has 6 heteroatoms. The number of benzene rings is 2. The van der Waals surface area contributed by atoms with E-state index in [4.69, 9.17) is 16.3 Å². The molecule has 1 N–H and O–H groups in total. The van der Waals surface area contributed by atoms with E-state index in [0.717, 1.165) is 43.3 Å². The number of ether oxygens (including phenoxy) is 1. The van der Waals surface area contributed by atoms with Crippen molar-refractivity contribution in [2.24, 2.45) is 5.10 Å². The molecule has 26 heavy (non-hydrogen) atoms. The minimum Gasteiger partial charge on any atom is -0.504 e. The summed E-state index contributed by atoms with van der Waals surface area (Å²) in [6.45, 7) is 7.07. The maximum Gasteiger partial charge on any atom is 0.161 e. The minimum atomic E-state index is 0.153. The molecular weight excluding hydrogens is 350 g/mol. The first-order valence-electron chi connectivity index (χ1n) is 8.85. The van der Waals surface area contributed by atoms with E-state index in [-0.39, 0.29) is 5.75 Å². The molecule has 1 saturated heterocycles. The SMILES string of the molecule is CCOc1cc(/C=N\N2CCN(Cc3ccc(Cl)cc3)CC2)ccc1O. The second-order valence-corrected chi connectivity index (χ2v) is 6.70. The summed E-state index contributed by atoms with van der Waals surface area (Å²) in [5, 5.41) is 17.2. The Kier molecular flexibility index (Phi) is 6.36. The van der Waals surface area contributed by atoms with E-state index in [1.54, 1.807) is 12.1 Å². The molecule has 0 atom stereocenters. The third kappa shape index (κ3) is 5.13. The Balaban J connectivity index is 1.51. The molecule has 2 aromatic carbocycles. The lowest BCUT2D eigenvalue weighted by atomic mass is 10.2. The van der Waals surface area contributed by atoms with Crippen LogP contribution >= 0.6 is 11.6 Å². The van der Waals surface area contributed by atoms with Crippen LogP contribution in [-0.4, -0.2) is 54.0 Å². The van der Waals surface area contributed by atoms with Gasteiger partial charge in [-0.3, -0.25) is 9.91 Å². The Labute approximate surface area is 159 Å². The van der Waals surface area contributed by atoms with Gasteiger partial charge in [-0.25, -0.2) is 0 Å². The smallest absolute Gasteiger partial charge is 0.161 e. The average Bonchev–Trinajstić information content (AvgIpc) is 2.65. The molecule has 0 spiro atoms. The lowest BCUT2D eigenvalue weighted by Gasteiger charge is -2.33. The summed E-state index contributed by atoms with van der Waals surface area (Å²) in [6.07, 6.45) is 1.82. The molecule has 1 aliphatic rings.